The molecule has 0 unspecified atom stereocenters. The van der Waals surface area contributed by atoms with Gasteiger partial charge < -0.3 is 10.3 Å². The highest BCUT2D eigenvalue weighted by atomic mass is 32.2. The molecule has 0 bridgehead atoms. The minimum Gasteiger partial charge on any atom is -0.338 e. The number of H-pyrrole nitrogens is 1. The Bertz CT molecular complexity index is 1090. The molecule has 1 aromatic heterocycles. The summed E-state index contributed by atoms with van der Waals surface area (Å²) in [7, 11) is -5.43. The summed E-state index contributed by atoms with van der Waals surface area (Å²) in [4.78, 5) is 17.2. The minimum atomic E-state index is -5.43. The van der Waals surface area contributed by atoms with E-state index in [0.717, 1.165) is 12.1 Å². The smallest absolute Gasteiger partial charge is 0.338 e. The fraction of sp³-hybridized carbons (Fsp3) is 0.125. The van der Waals surface area contributed by atoms with Crippen molar-refractivity contribution in [2.45, 2.75) is 17.3 Å². The standard InChI is InChI=1S/C16H12F3N3O3S/c1-9(23)20-11-4-2-10(3-5-11)15-21-13-7-6-12(8-14(13)22-15)26(24,25)16(17,18)19/h2-8H,1H3,(H,20,23)(H,21,22). The number of amides is 1. The minimum absolute atomic E-state index is 0.163. The van der Waals surface area contributed by atoms with Crippen molar-refractivity contribution in [2.75, 3.05) is 5.32 Å². The summed E-state index contributed by atoms with van der Waals surface area (Å²) in [5, 5.41) is 2.61. The fourth-order valence-corrected chi connectivity index (χ4v) is 3.13. The first-order valence-corrected chi connectivity index (χ1v) is 8.75. The largest absolute Gasteiger partial charge is 0.501 e. The lowest BCUT2D eigenvalue weighted by Gasteiger charge is -2.07. The van der Waals surface area contributed by atoms with Crippen molar-refractivity contribution in [3.63, 3.8) is 0 Å². The Morgan fingerprint density at radius 2 is 1.77 bits per heavy atom. The van der Waals surface area contributed by atoms with E-state index < -0.39 is 20.2 Å². The third kappa shape index (κ3) is 3.27. The molecule has 0 radical (unpaired) electrons. The maximum Gasteiger partial charge on any atom is 0.501 e. The Kier molecular flexibility index (Phi) is 4.23. The summed E-state index contributed by atoms with van der Waals surface area (Å²) >= 11 is 0. The zero-order valence-corrected chi connectivity index (χ0v) is 14.1. The molecule has 0 atom stereocenters. The number of nitrogens with zero attached hydrogens (tertiary/aromatic N) is 1. The maximum absolute atomic E-state index is 12.7. The number of fused-ring (bicyclic) bond motifs is 1. The number of imidazole rings is 1. The summed E-state index contributed by atoms with van der Waals surface area (Å²) < 4.78 is 61.0. The number of nitrogens with one attached hydrogen (secondary N) is 2. The molecule has 0 saturated carbocycles. The highest BCUT2D eigenvalue weighted by molar-refractivity contribution is 7.92. The van der Waals surface area contributed by atoms with Crippen LogP contribution >= 0.6 is 0 Å². The number of hydrogen-bond acceptors (Lipinski definition) is 4. The van der Waals surface area contributed by atoms with Crippen molar-refractivity contribution in [1.29, 1.82) is 0 Å². The van der Waals surface area contributed by atoms with Gasteiger partial charge in [-0.15, -0.1) is 0 Å². The molecule has 0 aliphatic heterocycles. The molecule has 2 N–H and O–H groups in total. The number of halogens is 3. The lowest BCUT2D eigenvalue weighted by molar-refractivity contribution is -0.114. The highest BCUT2D eigenvalue weighted by Gasteiger charge is 2.46. The molecule has 1 heterocycles. The summed E-state index contributed by atoms with van der Waals surface area (Å²) in [5.41, 5.74) is -3.68. The van der Waals surface area contributed by atoms with Gasteiger partial charge in [0.1, 0.15) is 5.82 Å². The van der Waals surface area contributed by atoms with Gasteiger partial charge in [-0.2, -0.15) is 13.2 Å². The lowest BCUT2D eigenvalue weighted by atomic mass is 10.2. The van der Waals surface area contributed by atoms with E-state index in [-0.39, 0.29) is 11.4 Å². The van der Waals surface area contributed by atoms with Crippen LogP contribution in [0.1, 0.15) is 6.92 Å². The Morgan fingerprint density at radius 3 is 2.35 bits per heavy atom. The number of anilines is 1. The van der Waals surface area contributed by atoms with E-state index >= 15 is 0 Å². The van der Waals surface area contributed by atoms with Gasteiger partial charge in [0.05, 0.1) is 15.9 Å². The number of benzene rings is 2. The van der Waals surface area contributed by atoms with E-state index in [9.17, 15) is 26.4 Å². The van der Waals surface area contributed by atoms with E-state index in [2.05, 4.69) is 15.3 Å². The van der Waals surface area contributed by atoms with Crippen molar-refractivity contribution in [3.8, 4) is 11.4 Å². The van der Waals surface area contributed by atoms with Crippen LogP contribution in [0.5, 0.6) is 0 Å². The van der Waals surface area contributed by atoms with E-state index in [1.807, 2.05) is 0 Å². The van der Waals surface area contributed by atoms with Crippen LogP contribution in [0.4, 0.5) is 18.9 Å². The van der Waals surface area contributed by atoms with Crippen molar-refractivity contribution < 1.29 is 26.4 Å². The zero-order chi connectivity index (χ0) is 19.1. The fourth-order valence-electron chi connectivity index (χ4n) is 2.34. The second-order valence-corrected chi connectivity index (χ2v) is 7.41. The van der Waals surface area contributed by atoms with Gasteiger partial charge in [-0.25, -0.2) is 13.4 Å². The van der Waals surface area contributed by atoms with Gasteiger partial charge in [0, 0.05) is 18.2 Å². The van der Waals surface area contributed by atoms with Crippen LogP contribution in [0.3, 0.4) is 0 Å². The van der Waals surface area contributed by atoms with Gasteiger partial charge in [-0.05, 0) is 42.5 Å². The van der Waals surface area contributed by atoms with Crippen molar-refractivity contribution >= 4 is 32.5 Å². The van der Waals surface area contributed by atoms with Crippen LogP contribution in [0.15, 0.2) is 47.4 Å². The van der Waals surface area contributed by atoms with Crippen LogP contribution in [0.25, 0.3) is 22.4 Å². The Morgan fingerprint density at radius 1 is 1.12 bits per heavy atom. The first-order chi connectivity index (χ1) is 12.1. The number of carbonyl (C=O) groups is 1. The van der Waals surface area contributed by atoms with Crippen LogP contribution in [-0.4, -0.2) is 29.8 Å². The van der Waals surface area contributed by atoms with Gasteiger partial charge in [0.25, 0.3) is 9.84 Å². The first-order valence-electron chi connectivity index (χ1n) is 7.27. The lowest BCUT2D eigenvalue weighted by Crippen LogP contribution is -2.23. The number of carbonyl (C=O) groups excluding carboxylic acids is 1. The SMILES string of the molecule is CC(=O)Nc1ccc(-c2nc3ccc(S(=O)(=O)C(F)(F)F)cc3[nH]2)cc1. The Labute approximate surface area is 146 Å². The van der Waals surface area contributed by atoms with Crippen LogP contribution < -0.4 is 5.32 Å². The predicted molar refractivity (Wildman–Crippen MR) is 89.1 cm³/mol. The van der Waals surface area contributed by atoms with Crippen LogP contribution in [0, 0.1) is 0 Å². The molecule has 3 aromatic rings. The summed E-state index contributed by atoms with van der Waals surface area (Å²) in [6.45, 7) is 1.37. The van der Waals surface area contributed by atoms with Crippen molar-refractivity contribution in [1.82, 2.24) is 9.97 Å². The summed E-state index contributed by atoms with van der Waals surface area (Å²) in [5.74, 6) is 0.135. The van der Waals surface area contributed by atoms with Gasteiger partial charge in [0.15, 0.2) is 0 Å². The van der Waals surface area contributed by atoms with Crippen molar-refractivity contribution in [2.24, 2.45) is 0 Å². The molecule has 136 valence electrons. The molecule has 10 heteroatoms. The van der Waals surface area contributed by atoms with E-state index in [0.29, 0.717) is 22.6 Å². The molecule has 26 heavy (non-hydrogen) atoms. The van der Waals surface area contributed by atoms with Crippen LogP contribution in [0.2, 0.25) is 0 Å². The average Bonchev–Trinajstić information content (AvgIpc) is 2.97. The number of alkyl halides is 3. The van der Waals surface area contributed by atoms with E-state index in [1.54, 1.807) is 24.3 Å². The van der Waals surface area contributed by atoms with Gasteiger partial charge >= 0.3 is 5.51 Å². The Balaban J connectivity index is 1.99. The Hall–Kier alpha value is -2.88. The van der Waals surface area contributed by atoms with Crippen molar-refractivity contribution in [3.05, 3.63) is 42.5 Å². The summed E-state index contributed by atoms with van der Waals surface area (Å²) in [6, 6.07) is 9.59. The molecule has 0 aliphatic carbocycles. The third-order valence-electron chi connectivity index (χ3n) is 3.55. The molecule has 1 amide bonds. The molecule has 3 rings (SSSR count). The molecule has 0 aliphatic rings. The second-order valence-electron chi connectivity index (χ2n) is 5.47. The highest BCUT2D eigenvalue weighted by Crippen LogP contribution is 2.32. The number of aromatic nitrogens is 2. The van der Waals surface area contributed by atoms with Gasteiger partial charge in [0.2, 0.25) is 5.91 Å². The van der Waals surface area contributed by atoms with E-state index in [4.69, 9.17) is 0 Å². The second kappa shape index (κ2) is 6.13. The van der Waals surface area contributed by atoms with Gasteiger partial charge in [-0.3, -0.25) is 4.79 Å². The number of hydrogen-bond donors (Lipinski definition) is 2. The topological polar surface area (TPSA) is 91.9 Å². The summed E-state index contributed by atoms with van der Waals surface area (Å²) in [6.07, 6.45) is 0. The normalized spacial score (nSPS) is 12.3. The molecule has 0 spiro atoms. The van der Waals surface area contributed by atoms with Crippen LogP contribution in [-0.2, 0) is 14.6 Å². The van der Waals surface area contributed by atoms with E-state index in [1.165, 1.54) is 13.0 Å². The number of aromatic amines is 1. The third-order valence-corrected chi connectivity index (χ3v) is 5.03. The molecule has 6 nitrogen and oxygen atoms in total. The molecular formula is C16H12F3N3O3S. The first kappa shape index (κ1) is 17.9. The maximum atomic E-state index is 12.7. The predicted octanol–water partition coefficient (Wildman–Crippen LogP) is 3.48. The quantitative estimate of drug-likeness (QED) is 0.724. The van der Waals surface area contributed by atoms with Gasteiger partial charge in [-0.1, -0.05) is 0 Å². The molecular weight excluding hydrogens is 371 g/mol. The number of rotatable bonds is 3. The molecule has 0 fully saturated rings. The average molecular weight is 383 g/mol. The molecule has 0 saturated heterocycles. The number of sulfone groups is 1. The monoisotopic (exact) mass is 383 g/mol. The zero-order valence-electron chi connectivity index (χ0n) is 13.3. The molecule has 2 aromatic carbocycles.